The van der Waals surface area contributed by atoms with Gasteiger partial charge < -0.3 is 5.32 Å². The van der Waals surface area contributed by atoms with E-state index < -0.39 is 0 Å². The van der Waals surface area contributed by atoms with Gasteiger partial charge in [0.05, 0.1) is 0 Å². The number of hydrogen-bond donors (Lipinski definition) is 1. The van der Waals surface area contributed by atoms with E-state index >= 15 is 0 Å². The molecule has 0 bridgehead atoms. The Balaban J connectivity index is 0.00000225. The molecule has 1 aromatic heterocycles. The summed E-state index contributed by atoms with van der Waals surface area (Å²) in [6, 6.07) is 9.44. The molecule has 25 heavy (non-hydrogen) atoms. The van der Waals surface area contributed by atoms with Gasteiger partial charge in [-0.25, -0.2) is 4.79 Å². The van der Waals surface area contributed by atoms with E-state index in [0.29, 0.717) is 12.2 Å². The molecule has 1 saturated heterocycles. The summed E-state index contributed by atoms with van der Waals surface area (Å²) in [7, 11) is 3.19. The van der Waals surface area contributed by atoms with Gasteiger partial charge in [-0.05, 0) is 11.6 Å². The summed E-state index contributed by atoms with van der Waals surface area (Å²) in [6.45, 7) is 2.99. The first-order chi connectivity index (χ1) is 11.5. The third-order valence-corrected chi connectivity index (χ3v) is 4.95. The van der Waals surface area contributed by atoms with Crippen molar-refractivity contribution in [3.63, 3.8) is 0 Å². The topological polar surface area (TPSA) is 59.3 Å². The Bertz CT molecular complexity index is 862. The van der Waals surface area contributed by atoms with Crippen LogP contribution in [0.5, 0.6) is 0 Å². The first-order valence-corrected chi connectivity index (χ1v) is 8.32. The van der Waals surface area contributed by atoms with Gasteiger partial charge in [0.1, 0.15) is 0 Å². The smallest absolute Gasteiger partial charge is 0.314 e. The Hall–Kier alpha value is -1.60. The number of hydrogen-bond acceptors (Lipinski definition) is 4. The second kappa shape index (κ2) is 8.19. The van der Waals surface area contributed by atoms with Crippen molar-refractivity contribution in [2.24, 2.45) is 14.1 Å². The van der Waals surface area contributed by atoms with Crippen LogP contribution in [0.1, 0.15) is 17.3 Å². The second-order valence-electron chi connectivity index (χ2n) is 6.09. The summed E-state index contributed by atoms with van der Waals surface area (Å²) in [5, 5.41) is 4.12. The summed E-state index contributed by atoms with van der Waals surface area (Å²) in [5.74, 6) is 0. The molecule has 0 aliphatic carbocycles. The van der Waals surface area contributed by atoms with Crippen molar-refractivity contribution in [3.05, 3.63) is 67.4 Å². The van der Waals surface area contributed by atoms with Crippen LogP contribution >= 0.6 is 24.0 Å². The van der Waals surface area contributed by atoms with Crippen LogP contribution in [-0.4, -0.2) is 33.7 Å². The Morgan fingerprint density at radius 3 is 2.64 bits per heavy atom. The van der Waals surface area contributed by atoms with Gasteiger partial charge in [-0.15, -0.1) is 12.4 Å². The lowest BCUT2D eigenvalue weighted by atomic mass is 10.0. The van der Waals surface area contributed by atoms with E-state index in [9.17, 15) is 9.59 Å². The summed E-state index contributed by atoms with van der Waals surface area (Å²) >= 11 is 6.37. The number of halogens is 2. The number of nitrogens with one attached hydrogen (secondary N) is 1. The van der Waals surface area contributed by atoms with E-state index in [-0.39, 0.29) is 29.7 Å². The number of rotatable bonds is 3. The average Bonchev–Trinajstić information content (AvgIpc) is 2.59. The lowest BCUT2D eigenvalue weighted by molar-refractivity contribution is 0.150. The molecule has 1 atom stereocenters. The highest BCUT2D eigenvalue weighted by atomic mass is 35.5. The van der Waals surface area contributed by atoms with E-state index in [1.165, 1.54) is 17.7 Å². The monoisotopic (exact) mass is 384 g/mol. The van der Waals surface area contributed by atoms with Crippen molar-refractivity contribution < 1.29 is 0 Å². The van der Waals surface area contributed by atoms with E-state index in [1.807, 2.05) is 24.3 Å². The Kier molecular flexibility index (Phi) is 6.46. The van der Waals surface area contributed by atoms with Gasteiger partial charge in [0.15, 0.2) is 0 Å². The molecule has 0 amide bonds. The van der Waals surface area contributed by atoms with Gasteiger partial charge in [0, 0.05) is 63.1 Å². The highest BCUT2D eigenvalue weighted by Gasteiger charge is 2.26. The molecule has 1 aromatic carbocycles. The summed E-state index contributed by atoms with van der Waals surface area (Å²) in [6.07, 6.45) is 0. The van der Waals surface area contributed by atoms with Crippen LogP contribution in [0, 0.1) is 0 Å². The minimum absolute atomic E-state index is 0. The molecule has 3 rings (SSSR count). The first kappa shape index (κ1) is 19.7. The molecule has 1 fully saturated rings. The minimum Gasteiger partial charge on any atom is -0.314 e. The van der Waals surface area contributed by atoms with Gasteiger partial charge in [-0.1, -0.05) is 29.8 Å². The molecule has 1 aliphatic rings. The average molecular weight is 385 g/mol. The zero-order chi connectivity index (χ0) is 17.3. The molecule has 1 N–H and O–H groups in total. The predicted octanol–water partition coefficient (Wildman–Crippen LogP) is 1.31. The van der Waals surface area contributed by atoms with Crippen LogP contribution in [0.25, 0.3) is 0 Å². The molecule has 1 aliphatic heterocycles. The van der Waals surface area contributed by atoms with Crippen molar-refractivity contribution in [1.82, 2.24) is 19.4 Å². The lowest BCUT2D eigenvalue weighted by Crippen LogP contribution is -2.47. The number of aromatic nitrogens is 2. The van der Waals surface area contributed by atoms with Crippen molar-refractivity contribution in [3.8, 4) is 0 Å². The molecular weight excluding hydrogens is 363 g/mol. The first-order valence-electron chi connectivity index (χ1n) is 7.94. The zero-order valence-corrected chi connectivity index (χ0v) is 15.8. The van der Waals surface area contributed by atoms with E-state index in [0.717, 1.165) is 34.8 Å². The van der Waals surface area contributed by atoms with Gasteiger partial charge >= 0.3 is 5.69 Å². The standard InChI is InChI=1S/C17H21ClN4O2.ClH/c1-20-12(9-16(23)21(2)17(20)24)11-22-8-7-19-10-15(22)13-5-3-4-6-14(13)18;/h3-6,9,15,19H,7-8,10-11H2,1-2H3;1H. The van der Waals surface area contributed by atoms with Crippen LogP contribution < -0.4 is 16.6 Å². The van der Waals surface area contributed by atoms with Crippen molar-refractivity contribution in [2.75, 3.05) is 19.6 Å². The maximum atomic E-state index is 12.1. The molecule has 2 aromatic rings. The summed E-state index contributed by atoms with van der Waals surface area (Å²) in [4.78, 5) is 26.3. The molecular formula is C17H22Cl2N4O2. The van der Waals surface area contributed by atoms with Crippen LogP contribution in [0.4, 0.5) is 0 Å². The minimum atomic E-state index is -0.304. The molecule has 0 spiro atoms. The third-order valence-electron chi connectivity index (χ3n) is 4.61. The van der Waals surface area contributed by atoms with Crippen LogP contribution in [0.15, 0.2) is 39.9 Å². The van der Waals surface area contributed by atoms with Crippen LogP contribution in [0.2, 0.25) is 5.02 Å². The maximum Gasteiger partial charge on any atom is 0.330 e. The predicted molar refractivity (Wildman–Crippen MR) is 102 cm³/mol. The third kappa shape index (κ3) is 3.98. The van der Waals surface area contributed by atoms with Gasteiger partial charge in [-0.3, -0.25) is 18.8 Å². The second-order valence-corrected chi connectivity index (χ2v) is 6.49. The Morgan fingerprint density at radius 2 is 1.92 bits per heavy atom. The molecule has 6 nitrogen and oxygen atoms in total. The zero-order valence-electron chi connectivity index (χ0n) is 14.2. The fourth-order valence-electron chi connectivity index (χ4n) is 3.13. The summed E-state index contributed by atoms with van der Waals surface area (Å²) in [5.41, 5.74) is 1.18. The van der Waals surface area contributed by atoms with E-state index in [2.05, 4.69) is 10.2 Å². The van der Waals surface area contributed by atoms with Crippen LogP contribution in [-0.2, 0) is 20.6 Å². The fraction of sp³-hybridized carbons (Fsp3) is 0.412. The molecule has 2 heterocycles. The largest absolute Gasteiger partial charge is 0.330 e. The highest BCUT2D eigenvalue weighted by molar-refractivity contribution is 6.31. The SMILES string of the molecule is Cl.Cn1c(CN2CCNCC2c2ccccc2Cl)cc(=O)n(C)c1=O. The molecule has 0 radical (unpaired) electrons. The number of benzene rings is 1. The van der Waals surface area contributed by atoms with Gasteiger partial charge in [0.25, 0.3) is 5.56 Å². The van der Waals surface area contributed by atoms with Gasteiger partial charge in [0.2, 0.25) is 0 Å². The quantitative estimate of drug-likeness (QED) is 0.866. The highest BCUT2D eigenvalue weighted by Crippen LogP contribution is 2.29. The molecule has 0 saturated carbocycles. The summed E-state index contributed by atoms with van der Waals surface area (Å²) < 4.78 is 2.65. The number of nitrogens with zero attached hydrogens (tertiary/aromatic N) is 3. The number of piperazine rings is 1. The van der Waals surface area contributed by atoms with E-state index in [1.54, 1.807) is 7.05 Å². The Labute approximate surface area is 157 Å². The molecule has 8 heteroatoms. The fourth-order valence-corrected chi connectivity index (χ4v) is 3.39. The van der Waals surface area contributed by atoms with Gasteiger partial charge in [-0.2, -0.15) is 0 Å². The van der Waals surface area contributed by atoms with Crippen molar-refractivity contribution >= 4 is 24.0 Å². The molecule has 136 valence electrons. The van der Waals surface area contributed by atoms with Crippen molar-refractivity contribution in [2.45, 2.75) is 12.6 Å². The molecule has 1 unspecified atom stereocenters. The van der Waals surface area contributed by atoms with Crippen molar-refractivity contribution in [1.29, 1.82) is 0 Å². The van der Waals surface area contributed by atoms with E-state index in [4.69, 9.17) is 11.6 Å². The maximum absolute atomic E-state index is 12.1. The Morgan fingerprint density at radius 1 is 1.20 bits per heavy atom. The van der Waals surface area contributed by atoms with Crippen LogP contribution in [0.3, 0.4) is 0 Å². The lowest BCUT2D eigenvalue weighted by Gasteiger charge is -2.37. The normalized spacial score (nSPS) is 18.0.